The van der Waals surface area contributed by atoms with Crippen LogP contribution in [-0.4, -0.2) is 9.91 Å². The van der Waals surface area contributed by atoms with Crippen molar-refractivity contribution >= 4 is 34.1 Å². The van der Waals surface area contributed by atoms with E-state index in [0.717, 1.165) is 0 Å². The molecule has 0 saturated carbocycles. The van der Waals surface area contributed by atoms with Crippen LogP contribution in [0.4, 0.5) is 11.4 Å². The number of benzene rings is 2. The number of nitro benzene ring substituents is 1. The lowest BCUT2D eigenvalue weighted by Crippen LogP contribution is -1.94. The Morgan fingerprint density at radius 2 is 2.10 bits per heavy atom. The van der Waals surface area contributed by atoms with Crippen molar-refractivity contribution in [3.8, 4) is 11.5 Å². The molecule has 0 saturated heterocycles. The van der Waals surface area contributed by atoms with E-state index in [1.807, 2.05) is 0 Å². The quantitative estimate of drug-likeness (QED) is 0.441. The van der Waals surface area contributed by atoms with Crippen molar-refractivity contribution in [1.82, 2.24) is 4.98 Å². The van der Waals surface area contributed by atoms with Gasteiger partial charge < -0.3 is 10.2 Å². The van der Waals surface area contributed by atoms with Gasteiger partial charge in [0.05, 0.1) is 21.2 Å². The Morgan fingerprint density at radius 3 is 2.75 bits per heavy atom. The van der Waals surface area contributed by atoms with Gasteiger partial charge in [0.2, 0.25) is 5.89 Å². The van der Waals surface area contributed by atoms with Gasteiger partial charge in [-0.25, -0.2) is 4.98 Å². The molecule has 2 aromatic carbocycles. The molecule has 0 fully saturated rings. The van der Waals surface area contributed by atoms with Crippen molar-refractivity contribution in [2.24, 2.45) is 0 Å². The maximum atomic E-state index is 10.7. The van der Waals surface area contributed by atoms with E-state index in [2.05, 4.69) is 4.98 Å². The number of rotatable bonds is 2. The van der Waals surface area contributed by atoms with E-state index in [9.17, 15) is 10.1 Å². The second kappa shape index (κ2) is 4.50. The Hall–Kier alpha value is -2.60. The molecule has 1 heterocycles. The van der Waals surface area contributed by atoms with Crippen LogP contribution < -0.4 is 5.73 Å². The first-order chi connectivity index (χ1) is 9.56. The smallest absolute Gasteiger partial charge is 0.271 e. The predicted octanol–water partition coefficient (Wildman–Crippen LogP) is 3.64. The summed E-state index contributed by atoms with van der Waals surface area (Å²) in [6.07, 6.45) is 0. The molecule has 0 atom stereocenters. The number of hydrogen-bond donors (Lipinski definition) is 1. The minimum Gasteiger partial charge on any atom is -0.434 e. The monoisotopic (exact) mass is 289 g/mol. The largest absolute Gasteiger partial charge is 0.434 e. The van der Waals surface area contributed by atoms with Crippen molar-refractivity contribution in [2.75, 3.05) is 5.73 Å². The van der Waals surface area contributed by atoms with Crippen LogP contribution in [0.15, 0.2) is 40.8 Å². The summed E-state index contributed by atoms with van der Waals surface area (Å²) in [7, 11) is 0. The third-order valence-corrected chi connectivity index (χ3v) is 3.14. The molecule has 0 unspecified atom stereocenters. The number of hydrogen-bond acceptors (Lipinski definition) is 5. The third-order valence-electron chi connectivity index (χ3n) is 2.84. The van der Waals surface area contributed by atoms with E-state index in [1.54, 1.807) is 18.2 Å². The summed E-state index contributed by atoms with van der Waals surface area (Å²) in [5, 5.41) is 11.1. The molecule has 0 aliphatic rings. The highest BCUT2D eigenvalue weighted by Gasteiger charge is 2.15. The van der Waals surface area contributed by atoms with E-state index in [1.165, 1.54) is 18.2 Å². The van der Waals surface area contributed by atoms with E-state index in [0.29, 0.717) is 21.7 Å². The average molecular weight is 290 g/mol. The van der Waals surface area contributed by atoms with Crippen LogP contribution >= 0.6 is 11.6 Å². The Kier molecular flexibility index (Phi) is 2.80. The van der Waals surface area contributed by atoms with Gasteiger partial charge in [-0.05, 0) is 18.2 Å². The van der Waals surface area contributed by atoms with Gasteiger partial charge in [0.1, 0.15) is 5.52 Å². The summed E-state index contributed by atoms with van der Waals surface area (Å²) in [5.41, 5.74) is 7.51. The molecule has 7 heteroatoms. The van der Waals surface area contributed by atoms with Crippen molar-refractivity contribution in [2.45, 2.75) is 0 Å². The van der Waals surface area contributed by atoms with Gasteiger partial charge in [-0.1, -0.05) is 17.7 Å². The topological polar surface area (TPSA) is 95.2 Å². The lowest BCUT2D eigenvalue weighted by atomic mass is 10.1. The van der Waals surface area contributed by atoms with Crippen molar-refractivity contribution < 1.29 is 9.34 Å². The van der Waals surface area contributed by atoms with Crippen LogP contribution in [0.1, 0.15) is 0 Å². The number of anilines is 1. The van der Waals surface area contributed by atoms with Crippen LogP contribution in [0.5, 0.6) is 0 Å². The number of para-hydroxylation sites is 1. The Labute approximate surface area is 117 Å². The summed E-state index contributed by atoms with van der Waals surface area (Å²) in [6, 6.07) is 9.34. The Morgan fingerprint density at radius 1 is 1.30 bits per heavy atom. The van der Waals surface area contributed by atoms with Crippen molar-refractivity contribution in [3.05, 3.63) is 51.5 Å². The lowest BCUT2D eigenvalue weighted by Gasteiger charge is -2.00. The molecule has 3 aromatic rings. The number of oxazole rings is 1. The fourth-order valence-electron chi connectivity index (χ4n) is 1.89. The summed E-state index contributed by atoms with van der Waals surface area (Å²) < 4.78 is 5.57. The van der Waals surface area contributed by atoms with Crippen LogP contribution in [0.25, 0.3) is 22.6 Å². The molecule has 6 nitrogen and oxygen atoms in total. The first-order valence-corrected chi connectivity index (χ1v) is 6.03. The molecular weight excluding hydrogens is 282 g/mol. The minimum atomic E-state index is -0.511. The SMILES string of the molecule is Nc1cc([N+](=O)[O-])ccc1-c1nc2cccc(Cl)c2o1. The van der Waals surface area contributed by atoms with Crippen LogP contribution in [0.3, 0.4) is 0 Å². The summed E-state index contributed by atoms with van der Waals surface area (Å²) in [4.78, 5) is 14.4. The van der Waals surface area contributed by atoms with E-state index < -0.39 is 4.92 Å². The standard InChI is InChI=1S/C13H8ClN3O3/c14-9-2-1-3-11-12(9)20-13(16-11)8-5-4-7(17(18)19)6-10(8)15/h1-6H,15H2. The molecule has 0 amide bonds. The van der Waals surface area contributed by atoms with Gasteiger partial charge in [-0.3, -0.25) is 10.1 Å². The zero-order chi connectivity index (χ0) is 14.3. The number of nitro groups is 1. The molecule has 3 rings (SSSR count). The summed E-state index contributed by atoms with van der Waals surface area (Å²) in [6.45, 7) is 0. The highest BCUT2D eigenvalue weighted by Crippen LogP contribution is 2.33. The van der Waals surface area contributed by atoms with E-state index in [4.69, 9.17) is 21.8 Å². The minimum absolute atomic E-state index is 0.0830. The van der Waals surface area contributed by atoms with Crippen molar-refractivity contribution in [3.63, 3.8) is 0 Å². The number of aromatic nitrogens is 1. The van der Waals surface area contributed by atoms with Gasteiger partial charge in [-0.15, -0.1) is 0 Å². The molecule has 100 valence electrons. The lowest BCUT2D eigenvalue weighted by molar-refractivity contribution is -0.384. The number of fused-ring (bicyclic) bond motifs is 1. The Bertz CT molecular complexity index is 829. The number of non-ortho nitro benzene ring substituents is 1. The van der Waals surface area contributed by atoms with Gasteiger partial charge in [-0.2, -0.15) is 0 Å². The summed E-state index contributed by atoms with van der Waals surface area (Å²) in [5.74, 6) is 0.278. The molecule has 1 aromatic heterocycles. The average Bonchev–Trinajstić information content (AvgIpc) is 2.83. The fourth-order valence-corrected chi connectivity index (χ4v) is 2.10. The zero-order valence-corrected chi connectivity index (χ0v) is 10.8. The molecule has 2 N–H and O–H groups in total. The number of halogens is 1. The molecule has 0 radical (unpaired) electrons. The van der Waals surface area contributed by atoms with E-state index >= 15 is 0 Å². The Balaban J connectivity index is 2.16. The predicted molar refractivity (Wildman–Crippen MR) is 75.5 cm³/mol. The van der Waals surface area contributed by atoms with Crippen molar-refractivity contribution in [1.29, 1.82) is 0 Å². The third kappa shape index (κ3) is 1.96. The highest BCUT2D eigenvalue weighted by atomic mass is 35.5. The number of nitrogens with zero attached hydrogens (tertiary/aromatic N) is 2. The van der Waals surface area contributed by atoms with Gasteiger partial charge in [0.25, 0.3) is 5.69 Å². The number of nitrogen functional groups attached to an aromatic ring is 1. The van der Waals surface area contributed by atoms with Crippen LogP contribution in [-0.2, 0) is 0 Å². The fraction of sp³-hybridized carbons (Fsp3) is 0. The molecule has 0 spiro atoms. The molecule has 0 aliphatic heterocycles. The summed E-state index contributed by atoms with van der Waals surface area (Å²) >= 11 is 6.01. The highest BCUT2D eigenvalue weighted by molar-refractivity contribution is 6.34. The first kappa shape index (κ1) is 12.4. The molecule has 0 aliphatic carbocycles. The van der Waals surface area contributed by atoms with E-state index in [-0.39, 0.29) is 17.3 Å². The number of nitrogens with two attached hydrogens (primary N) is 1. The van der Waals surface area contributed by atoms with Gasteiger partial charge >= 0.3 is 0 Å². The second-order valence-corrected chi connectivity index (χ2v) is 4.54. The van der Waals surface area contributed by atoms with Gasteiger partial charge in [0.15, 0.2) is 5.58 Å². The molecule has 0 bridgehead atoms. The molecular formula is C13H8ClN3O3. The second-order valence-electron chi connectivity index (χ2n) is 4.14. The van der Waals surface area contributed by atoms with Crippen LogP contribution in [0.2, 0.25) is 5.02 Å². The zero-order valence-electron chi connectivity index (χ0n) is 10.0. The first-order valence-electron chi connectivity index (χ1n) is 5.65. The maximum absolute atomic E-state index is 10.7. The molecule has 20 heavy (non-hydrogen) atoms. The maximum Gasteiger partial charge on any atom is 0.271 e. The van der Waals surface area contributed by atoms with Crippen LogP contribution in [0, 0.1) is 10.1 Å². The normalized spacial score (nSPS) is 10.8. The van der Waals surface area contributed by atoms with Gasteiger partial charge in [0, 0.05) is 12.1 Å².